The molecule has 0 aromatic carbocycles. The summed E-state index contributed by atoms with van der Waals surface area (Å²) in [5.41, 5.74) is 1.91. The Morgan fingerprint density at radius 2 is 2.27 bits per heavy atom. The van der Waals surface area contributed by atoms with Crippen molar-refractivity contribution in [2.75, 3.05) is 0 Å². The summed E-state index contributed by atoms with van der Waals surface area (Å²) >= 11 is 0. The fraction of sp³-hybridized carbons (Fsp3) is 0.455. The number of hydrogen-bond donors (Lipinski definition) is 1. The highest BCUT2D eigenvalue weighted by atomic mass is 16.5. The normalized spacial score (nSPS) is 10.0. The van der Waals surface area contributed by atoms with Crippen LogP contribution in [0.3, 0.4) is 0 Å². The van der Waals surface area contributed by atoms with Crippen LogP contribution in [0, 0.1) is 0 Å². The fourth-order valence-corrected chi connectivity index (χ4v) is 1.39. The maximum Gasteiger partial charge on any atom is 0.243 e. The Balaban J connectivity index is 2.76. The second-order valence-electron chi connectivity index (χ2n) is 3.16. The third kappa shape index (κ3) is 2.68. The number of nitrogens with one attached hydrogen (secondary N) is 1. The predicted octanol–water partition coefficient (Wildman–Crippen LogP) is 1.60. The van der Waals surface area contributed by atoms with E-state index in [1.54, 1.807) is 0 Å². The van der Waals surface area contributed by atoms with E-state index in [2.05, 4.69) is 17.1 Å². The second-order valence-corrected chi connectivity index (χ2v) is 3.16. The van der Waals surface area contributed by atoms with Crippen LogP contribution in [0.2, 0.25) is 0 Å². The lowest BCUT2D eigenvalue weighted by Crippen LogP contribution is -2.21. The number of rotatable bonds is 5. The zero-order valence-corrected chi connectivity index (χ0v) is 9.17. The van der Waals surface area contributed by atoms with Crippen molar-refractivity contribution in [3.63, 3.8) is 0 Å². The van der Waals surface area contributed by atoms with Crippen molar-refractivity contribution in [3.05, 3.63) is 29.7 Å². The SMILES string of the molecule is C=CC(=O)NCc1c(CC)noc1CC. The van der Waals surface area contributed by atoms with E-state index >= 15 is 0 Å². The van der Waals surface area contributed by atoms with Crippen LogP contribution in [0.15, 0.2) is 17.2 Å². The summed E-state index contributed by atoms with van der Waals surface area (Å²) in [4.78, 5) is 11.0. The van der Waals surface area contributed by atoms with Crippen molar-refractivity contribution in [2.45, 2.75) is 33.2 Å². The monoisotopic (exact) mass is 208 g/mol. The minimum absolute atomic E-state index is 0.180. The van der Waals surface area contributed by atoms with Gasteiger partial charge in [-0.2, -0.15) is 0 Å². The zero-order chi connectivity index (χ0) is 11.3. The van der Waals surface area contributed by atoms with Gasteiger partial charge in [-0.05, 0) is 12.5 Å². The minimum Gasteiger partial charge on any atom is -0.361 e. The van der Waals surface area contributed by atoms with Gasteiger partial charge in [0.15, 0.2) is 0 Å². The summed E-state index contributed by atoms with van der Waals surface area (Å²) in [5, 5.41) is 6.68. The van der Waals surface area contributed by atoms with E-state index in [1.165, 1.54) is 6.08 Å². The fourth-order valence-electron chi connectivity index (χ4n) is 1.39. The van der Waals surface area contributed by atoms with Crippen molar-refractivity contribution in [2.24, 2.45) is 0 Å². The Hall–Kier alpha value is -1.58. The smallest absolute Gasteiger partial charge is 0.243 e. The number of aromatic nitrogens is 1. The Kier molecular flexibility index (Phi) is 4.09. The van der Waals surface area contributed by atoms with E-state index in [1.807, 2.05) is 13.8 Å². The average Bonchev–Trinajstić information content (AvgIpc) is 2.67. The van der Waals surface area contributed by atoms with Gasteiger partial charge in [-0.15, -0.1) is 0 Å². The Bertz CT molecular complexity index is 334. The molecule has 0 aliphatic heterocycles. The lowest BCUT2D eigenvalue weighted by Gasteiger charge is -2.02. The van der Waals surface area contributed by atoms with E-state index in [0.29, 0.717) is 6.54 Å². The molecule has 4 heteroatoms. The molecule has 1 heterocycles. The van der Waals surface area contributed by atoms with Crippen LogP contribution in [0.25, 0.3) is 0 Å². The number of aryl methyl sites for hydroxylation is 2. The molecule has 1 aromatic heterocycles. The van der Waals surface area contributed by atoms with Gasteiger partial charge in [-0.3, -0.25) is 4.79 Å². The number of hydrogen-bond acceptors (Lipinski definition) is 3. The third-order valence-corrected chi connectivity index (χ3v) is 2.23. The average molecular weight is 208 g/mol. The molecule has 0 unspecified atom stereocenters. The molecule has 1 N–H and O–H groups in total. The molecule has 82 valence electrons. The first-order valence-corrected chi connectivity index (χ1v) is 5.09. The molecule has 0 radical (unpaired) electrons. The molecule has 4 nitrogen and oxygen atoms in total. The molecular weight excluding hydrogens is 192 g/mol. The molecule has 0 fully saturated rings. The van der Waals surface area contributed by atoms with Gasteiger partial charge >= 0.3 is 0 Å². The number of carbonyl (C=O) groups is 1. The summed E-state index contributed by atoms with van der Waals surface area (Å²) in [6.07, 6.45) is 2.85. The number of amides is 1. The molecule has 0 aliphatic carbocycles. The van der Waals surface area contributed by atoms with Gasteiger partial charge in [0.1, 0.15) is 5.76 Å². The van der Waals surface area contributed by atoms with Gasteiger partial charge in [-0.1, -0.05) is 25.6 Å². The van der Waals surface area contributed by atoms with E-state index in [-0.39, 0.29) is 5.91 Å². The number of carbonyl (C=O) groups excluding carboxylic acids is 1. The second kappa shape index (κ2) is 5.34. The molecule has 0 saturated carbocycles. The molecule has 0 atom stereocenters. The molecule has 0 saturated heterocycles. The first-order valence-electron chi connectivity index (χ1n) is 5.09. The molecule has 15 heavy (non-hydrogen) atoms. The standard InChI is InChI=1S/C11H16N2O2/c1-4-9-8(7-12-11(14)6-3)10(5-2)15-13-9/h6H,3-5,7H2,1-2H3,(H,12,14). The summed E-state index contributed by atoms with van der Waals surface area (Å²) in [7, 11) is 0. The first-order chi connectivity index (χ1) is 7.22. The number of nitrogens with zero attached hydrogens (tertiary/aromatic N) is 1. The Labute approximate surface area is 89.3 Å². The maximum absolute atomic E-state index is 11.0. The van der Waals surface area contributed by atoms with Gasteiger partial charge in [0, 0.05) is 18.5 Å². The van der Waals surface area contributed by atoms with Crippen molar-refractivity contribution in [3.8, 4) is 0 Å². The van der Waals surface area contributed by atoms with Crippen molar-refractivity contribution < 1.29 is 9.32 Å². The topological polar surface area (TPSA) is 55.1 Å². The van der Waals surface area contributed by atoms with Crippen molar-refractivity contribution >= 4 is 5.91 Å². The van der Waals surface area contributed by atoms with Gasteiger partial charge in [0.25, 0.3) is 0 Å². The molecule has 0 spiro atoms. The van der Waals surface area contributed by atoms with Crippen molar-refractivity contribution in [1.29, 1.82) is 0 Å². The van der Waals surface area contributed by atoms with Crippen LogP contribution < -0.4 is 5.32 Å². The summed E-state index contributed by atoms with van der Waals surface area (Å²) in [6.45, 7) is 7.86. The predicted molar refractivity (Wildman–Crippen MR) is 57.3 cm³/mol. The molecule has 1 amide bonds. The largest absolute Gasteiger partial charge is 0.361 e. The molecule has 1 rings (SSSR count). The van der Waals surface area contributed by atoms with Gasteiger partial charge < -0.3 is 9.84 Å². The van der Waals surface area contributed by atoms with E-state index in [4.69, 9.17) is 4.52 Å². The van der Waals surface area contributed by atoms with Gasteiger partial charge in [0.2, 0.25) is 5.91 Å². The van der Waals surface area contributed by atoms with Crippen LogP contribution in [-0.4, -0.2) is 11.1 Å². The Morgan fingerprint density at radius 3 is 2.80 bits per heavy atom. The van der Waals surface area contributed by atoms with Gasteiger partial charge in [0.05, 0.1) is 5.69 Å². The highest BCUT2D eigenvalue weighted by molar-refractivity contribution is 5.86. The van der Waals surface area contributed by atoms with E-state index in [0.717, 1.165) is 29.9 Å². The van der Waals surface area contributed by atoms with Crippen LogP contribution in [0.5, 0.6) is 0 Å². The molecule has 0 aliphatic rings. The summed E-state index contributed by atoms with van der Waals surface area (Å²) in [5.74, 6) is 0.663. The molecular formula is C11H16N2O2. The molecule has 1 aromatic rings. The van der Waals surface area contributed by atoms with E-state index in [9.17, 15) is 4.79 Å². The first kappa shape index (κ1) is 11.5. The zero-order valence-electron chi connectivity index (χ0n) is 9.17. The minimum atomic E-state index is -0.180. The van der Waals surface area contributed by atoms with Crippen LogP contribution in [0.4, 0.5) is 0 Å². The maximum atomic E-state index is 11.0. The third-order valence-electron chi connectivity index (χ3n) is 2.23. The van der Waals surface area contributed by atoms with Gasteiger partial charge in [-0.25, -0.2) is 0 Å². The lowest BCUT2D eigenvalue weighted by molar-refractivity contribution is -0.116. The highest BCUT2D eigenvalue weighted by Crippen LogP contribution is 2.15. The molecule has 0 bridgehead atoms. The lowest BCUT2D eigenvalue weighted by atomic mass is 10.1. The quantitative estimate of drug-likeness (QED) is 0.748. The summed E-state index contributed by atoms with van der Waals surface area (Å²) in [6, 6.07) is 0. The van der Waals surface area contributed by atoms with E-state index < -0.39 is 0 Å². The van der Waals surface area contributed by atoms with Crippen LogP contribution in [-0.2, 0) is 24.2 Å². The van der Waals surface area contributed by atoms with Crippen LogP contribution in [0.1, 0.15) is 30.9 Å². The Morgan fingerprint density at radius 1 is 1.53 bits per heavy atom. The summed E-state index contributed by atoms with van der Waals surface area (Å²) < 4.78 is 5.17. The van der Waals surface area contributed by atoms with Crippen molar-refractivity contribution in [1.82, 2.24) is 10.5 Å². The van der Waals surface area contributed by atoms with Crippen LogP contribution >= 0.6 is 0 Å². The highest BCUT2D eigenvalue weighted by Gasteiger charge is 2.13.